The van der Waals surface area contributed by atoms with Crippen LogP contribution >= 0.6 is 0 Å². The molecule has 0 aliphatic heterocycles. The third-order valence-corrected chi connectivity index (χ3v) is 2.36. The number of azo groups is 1. The van der Waals surface area contributed by atoms with Gasteiger partial charge < -0.3 is 9.40 Å². The van der Waals surface area contributed by atoms with Crippen LogP contribution in [0.5, 0.6) is 0 Å². The molecular weight excluding hydrogens is 232 g/mol. The number of hydrogen-bond donors (Lipinski definition) is 1. The molecule has 0 atom stereocenters. The summed E-state index contributed by atoms with van der Waals surface area (Å²) in [5.41, 5.74) is 0.836. The molecule has 6 heteroatoms. The summed E-state index contributed by atoms with van der Waals surface area (Å²) in [5.74, 6) is 0.578. The summed E-state index contributed by atoms with van der Waals surface area (Å²) in [5, 5.41) is 8.83. The normalized spacial score (nSPS) is 11.3. The van der Waals surface area contributed by atoms with Crippen LogP contribution in [-0.2, 0) is 0 Å². The van der Waals surface area contributed by atoms with Crippen LogP contribution in [0.4, 0.5) is 11.5 Å². The standard InChI is InChI=1S/C12H8N4O2/c17-12-4-1-8-5-9(2-3-10(8)18-12)15-16-11-6-13-7-14-11/h1-7H,(H,13,14). The first-order valence-corrected chi connectivity index (χ1v) is 5.25. The van der Waals surface area contributed by atoms with Gasteiger partial charge in [-0.05, 0) is 24.3 Å². The van der Waals surface area contributed by atoms with Crippen molar-refractivity contribution in [1.29, 1.82) is 0 Å². The zero-order valence-electron chi connectivity index (χ0n) is 9.20. The van der Waals surface area contributed by atoms with E-state index in [0.717, 1.165) is 5.39 Å². The number of hydrogen-bond acceptors (Lipinski definition) is 5. The molecule has 0 saturated heterocycles. The van der Waals surface area contributed by atoms with Gasteiger partial charge in [-0.15, -0.1) is 10.2 Å². The topological polar surface area (TPSA) is 83.6 Å². The van der Waals surface area contributed by atoms with E-state index in [1.54, 1.807) is 30.5 Å². The monoisotopic (exact) mass is 240 g/mol. The molecule has 0 saturated carbocycles. The molecule has 0 aliphatic carbocycles. The Morgan fingerprint density at radius 2 is 2.11 bits per heavy atom. The van der Waals surface area contributed by atoms with E-state index in [2.05, 4.69) is 20.2 Å². The Balaban J connectivity index is 1.98. The van der Waals surface area contributed by atoms with Gasteiger partial charge in [0, 0.05) is 11.5 Å². The van der Waals surface area contributed by atoms with Crippen molar-refractivity contribution in [3.63, 3.8) is 0 Å². The maximum Gasteiger partial charge on any atom is 0.336 e. The third kappa shape index (κ3) is 2.03. The predicted octanol–water partition coefficient (Wildman–Crippen LogP) is 2.93. The summed E-state index contributed by atoms with van der Waals surface area (Å²) < 4.78 is 5.02. The molecule has 1 aromatic carbocycles. The van der Waals surface area contributed by atoms with E-state index in [0.29, 0.717) is 17.1 Å². The Labute approximate surface area is 101 Å². The van der Waals surface area contributed by atoms with Crippen LogP contribution in [0.1, 0.15) is 0 Å². The fourth-order valence-corrected chi connectivity index (χ4v) is 1.54. The summed E-state index contributed by atoms with van der Waals surface area (Å²) in [6.45, 7) is 0. The van der Waals surface area contributed by atoms with Gasteiger partial charge in [0.2, 0.25) is 0 Å². The first-order valence-electron chi connectivity index (χ1n) is 5.25. The molecule has 2 heterocycles. The molecule has 18 heavy (non-hydrogen) atoms. The maximum absolute atomic E-state index is 11.0. The second kappa shape index (κ2) is 4.25. The number of H-pyrrole nitrogens is 1. The molecule has 3 aromatic rings. The summed E-state index contributed by atoms with van der Waals surface area (Å²) in [6, 6.07) is 8.27. The lowest BCUT2D eigenvalue weighted by atomic mass is 10.2. The van der Waals surface area contributed by atoms with Crippen molar-refractivity contribution in [3.8, 4) is 0 Å². The number of imidazole rings is 1. The van der Waals surface area contributed by atoms with E-state index in [4.69, 9.17) is 4.42 Å². The minimum Gasteiger partial charge on any atom is -0.423 e. The zero-order chi connectivity index (χ0) is 12.4. The van der Waals surface area contributed by atoms with Gasteiger partial charge in [0.05, 0.1) is 18.2 Å². The third-order valence-electron chi connectivity index (χ3n) is 2.36. The van der Waals surface area contributed by atoms with Crippen molar-refractivity contribution in [3.05, 3.63) is 53.3 Å². The predicted molar refractivity (Wildman–Crippen MR) is 65.2 cm³/mol. The van der Waals surface area contributed by atoms with Gasteiger partial charge >= 0.3 is 5.63 Å². The van der Waals surface area contributed by atoms with Crippen molar-refractivity contribution in [2.24, 2.45) is 10.2 Å². The van der Waals surface area contributed by atoms with Crippen molar-refractivity contribution < 1.29 is 4.42 Å². The summed E-state index contributed by atoms with van der Waals surface area (Å²) in [4.78, 5) is 17.7. The van der Waals surface area contributed by atoms with Crippen molar-refractivity contribution in [2.75, 3.05) is 0 Å². The number of nitrogens with one attached hydrogen (secondary N) is 1. The molecule has 3 rings (SSSR count). The van der Waals surface area contributed by atoms with Gasteiger partial charge in [-0.3, -0.25) is 0 Å². The van der Waals surface area contributed by atoms with Crippen LogP contribution in [0.15, 0.2) is 62.3 Å². The molecule has 0 bridgehead atoms. The Hall–Kier alpha value is -2.76. The molecule has 2 aromatic heterocycles. The molecule has 0 unspecified atom stereocenters. The fourth-order valence-electron chi connectivity index (χ4n) is 1.54. The average Bonchev–Trinajstić information content (AvgIpc) is 2.89. The molecule has 88 valence electrons. The Kier molecular flexibility index (Phi) is 2.45. The van der Waals surface area contributed by atoms with E-state index in [-0.39, 0.29) is 5.63 Å². The second-order valence-corrected chi connectivity index (χ2v) is 3.61. The van der Waals surface area contributed by atoms with E-state index >= 15 is 0 Å². The zero-order valence-corrected chi connectivity index (χ0v) is 9.20. The minimum absolute atomic E-state index is 0.366. The van der Waals surface area contributed by atoms with Crippen LogP contribution in [0, 0.1) is 0 Å². The van der Waals surface area contributed by atoms with E-state index in [9.17, 15) is 4.79 Å². The molecule has 0 fully saturated rings. The number of fused-ring (bicyclic) bond motifs is 1. The van der Waals surface area contributed by atoms with Gasteiger partial charge in [-0.1, -0.05) is 0 Å². The minimum atomic E-state index is -0.366. The SMILES string of the molecule is O=c1ccc2cc(N=Nc3cnc[nH]3)ccc2o1. The summed E-state index contributed by atoms with van der Waals surface area (Å²) >= 11 is 0. The van der Waals surface area contributed by atoms with E-state index < -0.39 is 0 Å². The molecule has 0 aliphatic rings. The van der Waals surface area contributed by atoms with E-state index in [1.807, 2.05) is 0 Å². The number of rotatable bonds is 2. The van der Waals surface area contributed by atoms with E-state index in [1.165, 1.54) is 12.4 Å². The average molecular weight is 240 g/mol. The molecule has 6 nitrogen and oxygen atoms in total. The largest absolute Gasteiger partial charge is 0.423 e. The first-order chi connectivity index (χ1) is 8.81. The molecular formula is C12H8N4O2. The Bertz CT molecular complexity index is 759. The number of nitrogens with zero attached hydrogens (tertiary/aromatic N) is 3. The highest BCUT2D eigenvalue weighted by Gasteiger charge is 1.98. The molecule has 0 amide bonds. The highest BCUT2D eigenvalue weighted by molar-refractivity contribution is 5.79. The van der Waals surface area contributed by atoms with Gasteiger partial charge in [0.15, 0.2) is 5.82 Å². The quantitative estimate of drug-likeness (QED) is 0.552. The van der Waals surface area contributed by atoms with Crippen LogP contribution in [0.2, 0.25) is 0 Å². The van der Waals surface area contributed by atoms with Crippen LogP contribution in [0.25, 0.3) is 11.0 Å². The van der Waals surface area contributed by atoms with Gasteiger partial charge in [0.25, 0.3) is 0 Å². The van der Waals surface area contributed by atoms with Crippen molar-refractivity contribution in [1.82, 2.24) is 9.97 Å². The Morgan fingerprint density at radius 3 is 2.94 bits per heavy atom. The van der Waals surface area contributed by atoms with Gasteiger partial charge in [-0.25, -0.2) is 9.78 Å². The summed E-state index contributed by atoms with van der Waals surface area (Å²) in [6.07, 6.45) is 3.10. The smallest absolute Gasteiger partial charge is 0.336 e. The van der Waals surface area contributed by atoms with Gasteiger partial charge in [0.1, 0.15) is 5.58 Å². The lowest BCUT2D eigenvalue weighted by molar-refractivity contribution is 0.561. The highest BCUT2D eigenvalue weighted by Crippen LogP contribution is 2.21. The summed E-state index contributed by atoms with van der Waals surface area (Å²) in [7, 11) is 0. The molecule has 0 spiro atoms. The molecule has 1 N–H and O–H groups in total. The number of aromatic amines is 1. The van der Waals surface area contributed by atoms with Crippen LogP contribution in [-0.4, -0.2) is 9.97 Å². The lowest BCUT2D eigenvalue weighted by Crippen LogP contribution is -1.93. The van der Waals surface area contributed by atoms with Crippen LogP contribution < -0.4 is 5.63 Å². The highest BCUT2D eigenvalue weighted by atomic mass is 16.4. The van der Waals surface area contributed by atoms with Crippen molar-refractivity contribution in [2.45, 2.75) is 0 Å². The number of aromatic nitrogens is 2. The van der Waals surface area contributed by atoms with Crippen molar-refractivity contribution >= 4 is 22.5 Å². The Morgan fingerprint density at radius 1 is 1.17 bits per heavy atom. The lowest BCUT2D eigenvalue weighted by Gasteiger charge is -1.96. The first kappa shape index (κ1) is 10.4. The maximum atomic E-state index is 11.0. The van der Waals surface area contributed by atoms with Crippen LogP contribution in [0.3, 0.4) is 0 Å². The van der Waals surface area contributed by atoms with Gasteiger partial charge in [-0.2, -0.15) is 0 Å². The fraction of sp³-hybridized carbons (Fsp3) is 0. The number of benzene rings is 1. The molecule has 0 radical (unpaired) electrons. The second-order valence-electron chi connectivity index (χ2n) is 3.61.